The summed E-state index contributed by atoms with van der Waals surface area (Å²) < 4.78 is 1.72. The summed E-state index contributed by atoms with van der Waals surface area (Å²) in [5.74, 6) is 1.20. The second kappa shape index (κ2) is 7.42. The lowest BCUT2D eigenvalue weighted by Crippen LogP contribution is -2.32. The Morgan fingerprint density at radius 1 is 1.08 bits per heavy atom. The molecule has 25 heavy (non-hydrogen) atoms. The molecule has 4 N–H and O–H groups in total. The molecule has 0 saturated heterocycles. The SMILES string of the molecule is CC1CCCCC1.Cc1c(N)c2cnc(N)nc2n(C2CCC2)c1=O. The molecule has 2 heterocycles. The highest BCUT2D eigenvalue weighted by Gasteiger charge is 2.25. The summed E-state index contributed by atoms with van der Waals surface area (Å²) in [6, 6.07) is 0.216. The molecule has 0 spiro atoms. The number of nitrogen functional groups attached to an aromatic ring is 2. The van der Waals surface area contributed by atoms with E-state index in [0.29, 0.717) is 22.3 Å². The third-order valence-corrected chi connectivity index (χ3v) is 5.58. The van der Waals surface area contributed by atoms with Crippen LogP contribution in [-0.2, 0) is 0 Å². The van der Waals surface area contributed by atoms with Gasteiger partial charge in [0.2, 0.25) is 5.95 Å². The van der Waals surface area contributed by atoms with Crippen molar-refractivity contribution in [1.29, 1.82) is 0 Å². The number of anilines is 2. The summed E-state index contributed by atoms with van der Waals surface area (Å²) in [6.07, 6.45) is 12.2. The lowest BCUT2D eigenvalue weighted by molar-refractivity contribution is 0.313. The van der Waals surface area contributed by atoms with Crippen LogP contribution < -0.4 is 17.0 Å². The van der Waals surface area contributed by atoms with E-state index >= 15 is 0 Å². The van der Waals surface area contributed by atoms with Gasteiger partial charge < -0.3 is 11.5 Å². The second-order valence-electron chi connectivity index (χ2n) is 7.51. The van der Waals surface area contributed by atoms with Crippen molar-refractivity contribution in [2.75, 3.05) is 11.5 Å². The normalized spacial score (nSPS) is 18.5. The predicted octanol–water partition coefficient (Wildman–Crippen LogP) is 3.58. The summed E-state index contributed by atoms with van der Waals surface area (Å²) in [4.78, 5) is 20.5. The van der Waals surface area contributed by atoms with E-state index in [0.717, 1.165) is 25.2 Å². The van der Waals surface area contributed by atoms with Crippen LogP contribution in [-0.4, -0.2) is 14.5 Å². The first kappa shape index (κ1) is 17.7. The maximum Gasteiger partial charge on any atom is 0.257 e. The van der Waals surface area contributed by atoms with Gasteiger partial charge in [-0.3, -0.25) is 9.36 Å². The summed E-state index contributed by atoms with van der Waals surface area (Å²) in [5.41, 5.74) is 13.1. The first-order chi connectivity index (χ1) is 12.0. The van der Waals surface area contributed by atoms with Crippen LogP contribution in [0, 0.1) is 12.8 Å². The molecule has 2 aliphatic rings. The fraction of sp³-hybridized carbons (Fsp3) is 0.632. The third kappa shape index (κ3) is 3.62. The minimum Gasteiger partial charge on any atom is -0.398 e. The van der Waals surface area contributed by atoms with Crippen molar-refractivity contribution in [3.05, 3.63) is 22.1 Å². The number of pyridine rings is 1. The van der Waals surface area contributed by atoms with Gasteiger partial charge in [-0.25, -0.2) is 4.98 Å². The van der Waals surface area contributed by atoms with Crippen molar-refractivity contribution in [2.45, 2.75) is 71.3 Å². The lowest BCUT2D eigenvalue weighted by Gasteiger charge is -2.29. The largest absolute Gasteiger partial charge is 0.398 e. The number of nitrogens with two attached hydrogens (primary N) is 2. The number of fused-ring (bicyclic) bond motifs is 1. The Morgan fingerprint density at radius 2 is 1.76 bits per heavy atom. The van der Waals surface area contributed by atoms with Gasteiger partial charge in [0, 0.05) is 17.8 Å². The molecule has 2 aromatic heterocycles. The van der Waals surface area contributed by atoms with Crippen molar-refractivity contribution in [3.63, 3.8) is 0 Å². The molecule has 0 amide bonds. The van der Waals surface area contributed by atoms with Crippen LogP contribution in [0.2, 0.25) is 0 Å². The van der Waals surface area contributed by atoms with E-state index in [9.17, 15) is 4.79 Å². The fourth-order valence-electron chi connectivity index (χ4n) is 3.64. The standard InChI is InChI=1S/C12H15N5O.C7H14/c1-6-9(13)8-5-15-12(14)16-10(8)17(11(6)18)7-3-2-4-7;1-7-5-3-2-4-6-7/h5,7H,2-4,13H2,1H3,(H2,14,15,16);7H,2-6H2,1H3. The van der Waals surface area contributed by atoms with Gasteiger partial charge in [0.15, 0.2) is 5.65 Å². The van der Waals surface area contributed by atoms with E-state index in [1.807, 2.05) is 0 Å². The lowest BCUT2D eigenvalue weighted by atomic mass is 9.91. The zero-order chi connectivity index (χ0) is 18.0. The maximum absolute atomic E-state index is 12.3. The summed E-state index contributed by atoms with van der Waals surface area (Å²) in [5, 5.41) is 0.702. The highest BCUT2D eigenvalue weighted by Crippen LogP contribution is 2.33. The molecular weight excluding hydrogens is 314 g/mol. The quantitative estimate of drug-likeness (QED) is 0.824. The summed E-state index contributed by atoms with van der Waals surface area (Å²) in [6.45, 7) is 4.10. The molecule has 2 saturated carbocycles. The average Bonchev–Trinajstić information content (AvgIpc) is 2.56. The number of hydrogen-bond donors (Lipinski definition) is 2. The maximum atomic E-state index is 12.3. The first-order valence-corrected chi connectivity index (χ1v) is 9.41. The van der Waals surface area contributed by atoms with E-state index in [-0.39, 0.29) is 17.5 Å². The molecule has 0 atom stereocenters. The van der Waals surface area contributed by atoms with Crippen molar-refractivity contribution in [2.24, 2.45) is 5.92 Å². The molecule has 2 aromatic rings. The fourth-order valence-corrected chi connectivity index (χ4v) is 3.64. The smallest absolute Gasteiger partial charge is 0.257 e. The van der Waals surface area contributed by atoms with Crippen LogP contribution >= 0.6 is 0 Å². The first-order valence-electron chi connectivity index (χ1n) is 9.41. The number of hydrogen-bond acceptors (Lipinski definition) is 5. The van der Waals surface area contributed by atoms with Crippen molar-refractivity contribution >= 4 is 22.7 Å². The molecular formula is C19H29N5O. The Balaban J connectivity index is 0.000000219. The number of nitrogens with zero attached hydrogens (tertiary/aromatic N) is 3. The predicted molar refractivity (Wildman–Crippen MR) is 102 cm³/mol. The Bertz CT molecular complexity index is 804. The van der Waals surface area contributed by atoms with Crippen molar-refractivity contribution in [3.8, 4) is 0 Å². The van der Waals surface area contributed by atoms with Gasteiger partial charge >= 0.3 is 0 Å². The summed E-state index contributed by atoms with van der Waals surface area (Å²) >= 11 is 0. The molecule has 2 fully saturated rings. The molecule has 6 heteroatoms. The Kier molecular flexibility index (Phi) is 5.25. The van der Waals surface area contributed by atoms with E-state index < -0.39 is 0 Å². The van der Waals surface area contributed by atoms with E-state index in [2.05, 4.69) is 16.9 Å². The second-order valence-corrected chi connectivity index (χ2v) is 7.51. The monoisotopic (exact) mass is 343 g/mol. The van der Waals surface area contributed by atoms with Crippen LogP contribution in [0.4, 0.5) is 11.6 Å². The number of aromatic nitrogens is 3. The molecule has 0 aliphatic heterocycles. The Hall–Kier alpha value is -2.11. The van der Waals surface area contributed by atoms with Crippen LogP contribution in [0.5, 0.6) is 0 Å². The van der Waals surface area contributed by atoms with Gasteiger partial charge in [-0.2, -0.15) is 4.98 Å². The van der Waals surface area contributed by atoms with Crippen LogP contribution in [0.1, 0.15) is 69.9 Å². The Morgan fingerprint density at radius 3 is 2.28 bits per heavy atom. The van der Waals surface area contributed by atoms with Crippen LogP contribution in [0.3, 0.4) is 0 Å². The van der Waals surface area contributed by atoms with Crippen molar-refractivity contribution < 1.29 is 0 Å². The van der Waals surface area contributed by atoms with E-state index in [1.165, 1.54) is 32.1 Å². The van der Waals surface area contributed by atoms with Gasteiger partial charge in [0.25, 0.3) is 5.56 Å². The molecule has 0 radical (unpaired) electrons. The zero-order valence-electron chi connectivity index (χ0n) is 15.3. The van der Waals surface area contributed by atoms with Gasteiger partial charge in [0.05, 0.1) is 11.1 Å². The molecule has 0 bridgehead atoms. The van der Waals surface area contributed by atoms with Gasteiger partial charge in [-0.1, -0.05) is 39.0 Å². The van der Waals surface area contributed by atoms with Crippen molar-refractivity contribution in [1.82, 2.24) is 14.5 Å². The molecule has 136 valence electrons. The molecule has 2 aliphatic carbocycles. The Labute approximate surface area is 148 Å². The average molecular weight is 343 g/mol. The molecule has 6 nitrogen and oxygen atoms in total. The van der Waals surface area contributed by atoms with Gasteiger partial charge in [-0.15, -0.1) is 0 Å². The number of rotatable bonds is 1. The third-order valence-electron chi connectivity index (χ3n) is 5.58. The zero-order valence-corrected chi connectivity index (χ0v) is 15.3. The molecule has 0 aromatic carbocycles. The van der Waals surface area contributed by atoms with Crippen LogP contribution in [0.25, 0.3) is 11.0 Å². The minimum atomic E-state index is -0.0669. The van der Waals surface area contributed by atoms with Crippen LogP contribution in [0.15, 0.2) is 11.0 Å². The van der Waals surface area contributed by atoms with E-state index in [4.69, 9.17) is 11.5 Å². The van der Waals surface area contributed by atoms with E-state index in [1.54, 1.807) is 17.7 Å². The highest BCUT2D eigenvalue weighted by atomic mass is 16.1. The topological polar surface area (TPSA) is 99.8 Å². The van der Waals surface area contributed by atoms with Gasteiger partial charge in [-0.05, 0) is 32.1 Å². The molecule has 4 rings (SSSR count). The highest BCUT2D eigenvalue weighted by molar-refractivity contribution is 5.89. The summed E-state index contributed by atoms with van der Waals surface area (Å²) in [7, 11) is 0. The minimum absolute atomic E-state index is 0.0669. The van der Waals surface area contributed by atoms with Gasteiger partial charge in [0.1, 0.15) is 0 Å². The molecule has 0 unspecified atom stereocenters.